The topological polar surface area (TPSA) is 59.0 Å². The summed E-state index contributed by atoms with van der Waals surface area (Å²) in [6, 6.07) is 17.2. The monoisotopic (exact) mass is 475 g/mol. The standard InChI is InChI=1S/C29H34FN3O2/c1-20-26-19-31-33(25-11-9-24(30)10-12-25)28(26)18-23-8-7-22(29(20)23)17-27(21-5-3-2-4-6-21)32(13-15-34)14-16-35/h2-6,9-12,18-20,22,27,31,34-35H,7-8,13-17H2,1H3/t20-,22+,27?/m0/s1. The van der Waals surface area contributed by atoms with E-state index in [2.05, 4.69) is 53.8 Å². The van der Waals surface area contributed by atoms with Crippen molar-refractivity contribution in [3.05, 3.63) is 101 Å². The summed E-state index contributed by atoms with van der Waals surface area (Å²) in [5.41, 5.74) is 10.9. The smallest absolute Gasteiger partial charge is 0.123 e. The molecule has 0 spiro atoms. The van der Waals surface area contributed by atoms with Crippen LogP contribution in [-0.4, -0.2) is 41.4 Å². The Morgan fingerprint density at radius 3 is 2.46 bits per heavy atom. The van der Waals surface area contributed by atoms with Gasteiger partial charge < -0.3 is 15.6 Å². The Morgan fingerprint density at radius 1 is 1.06 bits per heavy atom. The molecular formula is C29H34FN3O2. The molecule has 0 fully saturated rings. The average Bonchev–Trinajstić information content (AvgIpc) is 3.48. The summed E-state index contributed by atoms with van der Waals surface area (Å²) in [5, 5.41) is 21.5. The number of hydrogen-bond donors (Lipinski definition) is 3. The van der Waals surface area contributed by atoms with Crippen molar-refractivity contribution in [1.82, 2.24) is 10.3 Å². The Bertz CT molecular complexity index is 1120. The van der Waals surface area contributed by atoms with E-state index >= 15 is 0 Å². The molecule has 184 valence electrons. The summed E-state index contributed by atoms with van der Waals surface area (Å²) in [4.78, 5) is 2.22. The molecule has 2 aromatic carbocycles. The highest BCUT2D eigenvalue weighted by Crippen LogP contribution is 2.50. The molecule has 2 aliphatic carbocycles. The first kappa shape index (κ1) is 23.8. The van der Waals surface area contributed by atoms with Gasteiger partial charge in [-0.3, -0.25) is 9.91 Å². The molecule has 3 N–H and O–H groups in total. The van der Waals surface area contributed by atoms with Crippen LogP contribution in [0, 0.1) is 17.7 Å². The zero-order valence-corrected chi connectivity index (χ0v) is 20.2. The summed E-state index contributed by atoms with van der Waals surface area (Å²) in [6.07, 6.45) is 7.49. The lowest BCUT2D eigenvalue weighted by Crippen LogP contribution is -2.35. The number of anilines is 1. The maximum atomic E-state index is 13.5. The molecule has 5 nitrogen and oxygen atoms in total. The SMILES string of the molecule is C[C@H]1C2=CNN(c3ccc(F)cc3)C2=CC2=C1[C@@H](CC(c1ccccc1)N(CCO)CCO)CC2. The Balaban J connectivity index is 1.44. The van der Waals surface area contributed by atoms with Gasteiger partial charge in [0.25, 0.3) is 0 Å². The third-order valence-electron chi connectivity index (χ3n) is 7.69. The molecule has 1 aliphatic heterocycles. The fourth-order valence-electron chi connectivity index (χ4n) is 6.08. The van der Waals surface area contributed by atoms with Gasteiger partial charge in [-0.25, -0.2) is 4.39 Å². The quantitative estimate of drug-likeness (QED) is 0.491. The van der Waals surface area contributed by atoms with Crippen molar-refractivity contribution in [3.8, 4) is 0 Å². The van der Waals surface area contributed by atoms with Crippen LogP contribution in [0.2, 0.25) is 0 Å². The molecule has 3 aliphatic rings. The van der Waals surface area contributed by atoms with E-state index in [-0.39, 0.29) is 31.0 Å². The fourth-order valence-corrected chi connectivity index (χ4v) is 6.08. The molecule has 0 radical (unpaired) electrons. The minimum absolute atomic E-state index is 0.0716. The third kappa shape index (κ3) is 4.66. The number of allylic oxidation sites excluding steroid dienone is 4. The molecule has 0 aromatic heterocycles. The molecule has 0 saturated heterocycles. The van der Waals surface area contributed by atoms with Crippen LogP contribution in [0.15, 0.2) is 89.3 Å². The molecule has 0 amide bonds. The van der Waals surface area contributed by atoms with Gasteiger partial charge in [-0.1, -0.05) is 42.8 Å². The summed E-state index contributed by atoms with van der Waals surface area (Å²) in [5.74, 6) is 0.486. The summed E-state index contributed by atoms with van der Waals surface area (Å²) >= 11 is 0. The predicted molar refractivity (Wildman–Crippen MR) is 137 cm³/mol. The van der Waals surface area contributed by atoms with E-state index in [0.29, 0.717) is 19.0 Å². The van der Waals surface area contributed by atoms with E-state index in [1.807, 2.05) is 11.1 Å². The van der Waals surface area contributed by atoms with Crippen LogP contribution in [0.25, 0.3) is 0 Å². The van der Waals surface area contributed by atoms with E-state index < -0.39 is 0 Å². The van der Waals surface area contributed by atoms with Gasteiger partial charge in [-0.15, -0.1) is 0 Å². The highest BCUT2D eigenvalue weighted by atomic mass is 19.1. The van der Waals surface area contributed by atoms with Gasteiger partial charge >= 0.3 is 0 Å². The number of hydrazine groups is 1. The second-order valence-electron chi connectivity index (χ2n) is 9.65. The van der Waals surface area contributed by atoms with E-state index in [1.165, 1.54) is 34.4 Å². The number of fused-ring (bicyclic) bond motifs is 1. The molecule has 6 heteroatoms. The van der Waals surface area contributed by atoms with Crippen LogP contribution >= 0.6 is 0 Å². The van der Waals surface area contributed by atoms with Crippen molar-refractivity contribution in [2.75, 3.05) is 31.3 Å². The van der Waals surface area contributed by atoms with E-state index in [9.17, 15) is 14.6 Å². The van der Waals surface area contributed by atoms with Crippen LogP contribution in [0.1, 0.15) is 37.8 Å². The summed E-state index contributed by atoms with van der Waals surface area (Å²) in [7, 11) is 0. The maximum Gasteiger partial charge on any atom is 0.123 e. The van der Waals surface area contributed by atoms with Crippen molar-refractivity contribution in [2.24, 2.45) is 11.8 Å². The molecule has 0 bridgehead atoms. The number of halogens is 1. The molecule has 0 saturated carbocycles. The Kier molecular flexibility index (Phi) is 7.04. The Morgan fingerprint density at radius 2 is 1.77 bits per heavy atom. The normalized spacial score (nSPS) is 22.0. The van der Waals surface area contributed by atoms with Crippen molar-refractivity contribution in [1.29, 1.82) is 0 Å². The summed E-state index contributed by atoms with van der Waals surface area (Å²) in [6.45, 7) is 3.52. The van der Waals surface area contributed by atoms with Gasteiger partial charge in [0.15, 0.2) is 0 Å². The number of hydrogen-bond acceptors (Lipinski definition) is 5. The Hall–Kier alpha value is -2.93. The number of rotatable bonds is 9. The molecular weight excluding hydrogens is 441 g/mol. The van der Waals surface area contributed by atoms with Gasteiger partial charge in [0.1, 0.15) is 5.82 Å². The van der Waals surface area contributed by atoms with Gasteiger partial charge in [0.2, 0.25) is 0 Å². The highest BCUT2D eigenvalue weighted by Gasteiger charge is 2.39. The van der Waals surface area contributed by atoms with Crippen molar-refractivity contribution in [3.63, 3.8) is 0 Å². The van der Waals surface area contributed by atoms with E-state index in [4.69, 9.17) is 0 Å². The van der Waals surface area contributed by atoms with E-state index in [1.54, 1.807) is 12.1 Å². The van der Waals surface area contributed by atoms with Crippen LogP contribution in [0.3, 0.4) is 0 Å². The lowest BCUT2D eigenvalue weighted by molar-refractivity contribution is 0.109. The Labute approximate surface area is 206 Å². The first-order chi connectivity index (χ1) is 17.1. The second-order valence-corrected chi connectivity index (χ2v) is 9.65. The molecule has 2 aromatic rings. The van der Waals surface area contributed by atoms with Crippen molar-refractivity contribution < 1.29 is 14.6 Å². The van der Waals surface area contributed by atoms with Crippen molar-refractivity contribution >= 4 is 5.69 Å². The minimum atomic E-state index is -0.236. The summed E-state index contributed by atoms with van der Waals surface area (Å²) < 4.78 is 13.5. The first-order valence-electron chi connectivity index (χ1n) is 12.6. The molecule has 1 heterocycles. The molecule has 35 heavy (non-hydrogen) atoms. The maximum absolute atomic E-state index is 13.5. The largest absolute Gasteiger partial charge is 0.395 e. The zero-order valence-electron chi connectivity index (χ0n) is 20.2. The van der Waals surface area contributed by atoms with Crippen LogP contribution < -0.4 is 10.4 Å². The van der Waals surface area contributed by atoms with E-state index in [0.717, 1.165) is 30.6 Å². The van der Waals surface area contributed by atoms with Crippen LogP contribution in [0.4, 0.5) is 10.1 Å². The molecule has 5 rings (SSSR count). The van der Waals surface area contributed by atoms with Crippen LogP contribution in [-0.2, 0) is 0 Å². The van der Waals surface area contributed by atoms with Gasteiger partial charge in [0.05, 0.1) is 24.6 Å². The number of nitrogens with one attached hydrogen (secondary N) is 1. The fraction of sp³-hybridized carbons (Fsp3) is 0.379. The number of benzene rings is 2. The number of aliphatic hydroxyl groups excluding tert-OH is 2. The second kappa shape index (κ2) is 10.4. The third-order valence-corrected chi connectivity index (χ3v) is 7.69. The number of nitrogens with zero attached hydrogens (tertiary/aromatic N) is 2. The predicted octanol–water partition coefficient (Wildman–Crippen LogP) is 4.69. The first-order valence-corrected chi connectivity index (χ1v) is 12.6. The average molecular weight is 476 g/mol. The lowest BCUT2D eigenvalue weighted by Gasteiger charge is -2.35. The minimum Gasteiger partial charge on any atom is -0.395 e. The van der Waals surface area contributed by atoms with Gasteiger partial charge in [0, 0.05) is 36.8 Å². The van der Waals surface area contributed by atoms with Gasteiger partial charge in [-0.05, 0) is 66.7 Å². The van der Waals surface area contributed by atoms with Crippen molar-refractivity contribution in [2.45, 2.75) is 32.2 Å². The van der Waals surface area contributed by atoms with Gasteiger partial charge in [-0.2, -0.15) is 0 Å². The molecule has 3 atom stereocenters. The highest BCUT2D eigenvalue weighted by molar-refractivity contribution is 5.64. The number of aliphatic hydroxyl groups is 2. The lowest BCUT2D eigenvalue weighted by atomic mass is 9.78. The zero-order chi connectivity index (χ0) is 24.4. The van der Waals surface area contributed by atoms with Crippen LogP contribution in [0.5, 0.6) is 0 Å². The molecule has 1 unspecified atom stereocenters.